The average Bonchev–Trinajstić information content (AvgIpc) is 2.91. The lowest BCUT2D eigenvalue weighted by Crippen LogP contribution is -2.28. The van der Waals surface area contributed by atoms with Crippen molar-refractivity contribution in [2.24, 2.45) is 0 Å². The van der Waals surface area contributed by atoms with Crippen molar-refractivity contribution in [2.45, 2.75) is 19.5 Å². The number of hydrogen-bond acceptors (Lipinski definition) is 1. The van der Waals surface area contributed by atoms with Crippen LogP contribution >= 0.6 is 11.6 Å². The van der Waals surface area contributed by atoms with Crippen molar-refractivity contribution in [3.63, 3.8) is 0 Å². The van der Waals surface area contributed by atoms with Gasteiger partial charge >= 0.3 is 5.69 Å². The van der Waals surface area contributed by atoms with Crippen LogP contribution in [0.5, 0.6) is 0 Å². The third-order valence-corrected chi connectivity index (χ3v) is 4.05. The summed E-state index contributed by atoms with van der Waals surface area (Å²) < 4.78 is 3.47. The largest absolute Gasteiger partial charge is 0.328 e. The Labute approximate surface area is 134 Å². The van der Waals surface area contributed by atoms with Gasteiger partial charge < -0.3 is 0 Å². The van der Waals surface area contributed by atoms with Gasteiger partial charge in [-0.2, -0.15) is 0 Å². The zero-order valence-electron chi connectivity index (χ0n) is 12.3. The molecule has 0 aliphatic carbocycles. The Hall–Kier alpha value is -2.26. The number of aromatic nitrogens is 2. The summed E-state index contributed by atoms with van der Waals surface area (Å²) in [4.78, 5) is 12.6. The predicted octanol–water partition coefficient (Wildman–Crippen LogP) is 3.96. The molecule has 0 fully saturated rings. The topological polar surface area (TPSA) is 26.9 Å². The Morgan fingerprint density at radius 3 is 2.18 bits per heavy atom. The summed E-state index contributed by atoms with van der Waals surface area (Å²) >= 11 is 5.99. The molecule has 0 radical (unpaired) electrons. The van der Waals surface area contributed by atoms with E-state index in [1.54, 1.807) is 9.13 Å². The Balaban J connectivity index is 2.17. The maximum atomic E-state index is 12.6. The highest BCUT2D eigenvalue weighted by molar-refractivity contribution is 6.30. The molecular weight excluding hydrogens is 296 g/mol. The van der Waals surface area contributed by atoms with Crippen LogP contribution in [-0.2, 0) is 6.54 Å². The minimum absolute atomic E-state index is 0.00805. The standard InChI is InChI=1S/C18H17ClN2O/c1-2-20-12-13-21(18(20)22)17(14-6-4-3-5-7-14)15-8-10-16(19)11-9-15/h3-13,17H,2H2,1H3. The highest BCUT2D eigenvalue weighted by Crippen LogP contribution is 2.26. The van der Waals surface area contributed by atoms with Crippen LogP contribution in [0, 0.1) is 0 Å². The predicted molar refractivity (Wildman–Crippen MR) is 89.5 cm³/mol. The third kappa shape index (κ3) is 2.72. The molecule has 3 aromatic rings. The molecule has 3 rings (SSSR count). The first-order chi connectivity index (χ1) is 10.7. The van der Waals surface area contributed by atoms with Gasteiger partial charge in [-0.3, -0.25) is 9.13 Å². The fraction of sp³-hybridized carbons (Fsp3) is 0.167. The smallest absolute Gasteiger partial charge is 0.299 e. The summed E-state index contributed by atoms with van der Waals surface area (Å²) in [7, 11) is 0. The molecule has 0 saturated carbocycles. The third-order valence-electron chi connectivity index (χ3n) is 3.79. The van der Waals surface area contributed by atoms with E-state index in [4.69, 9.17) is 11.6 Å². The molecule has 0 amide bonds. The van der Waals surface area contributed by atoms with Crippen LogP contribution in [0.25, 0.3) is 0 Å². The maximum Gasteiger partial charge on any atom is 0.328 e. The second kappa shape index (κ2) is 6.24. The lowest BCUT2D eigenvalue weighted by atomic mass is 9.98. The second-order valence-corrected chi connectivity index (χ2v) is 5.58. The molecule has 3 nitrogen and oxygen atoms in total. The number of imidazole rings is 1. The molecule has 0 N–H and O–H groups in total. The molecular formula is C18H17ClN2O. The van der Waals surface area contributed by atoms with Gasteiger partial charge in [0, 0.05) is 24.0 Å². The first-order valence-corrected chi connectivity index (χ1v) is 7.66. The van der Waals surface area contributed by atoms with E-state index in [0.29, 0.717) is 11.6 Å². The minimum atomic E-state index is -0.154. The summed E-state index contributed by atoms with van der Waals surface area (Å²) in [5.74, 6) is 0. The van der Waals surface area contributed by atoms with Crippen LogP contribution < -0.4 is 5.69 Å². The molecule has 0 aliphatic heterocycles. The Bertz CT molecular complexity index is 803. The van der Waals surface area contributed by atoms with Crippen LogP contribution in [-0.4, -0.2) is 9.13 Å². The van der Waals surface area contributed by atoms with Gasteiger partial charge in [-0.1, -0.05) is 54.1 Å². The monoisotopic (exact) mass is 312 g/mol. The van der Waals surface area contributed by atoms with Gasteiger partial charge in [0.1, 0.15) is 0 Å². The maximum absolute atomic E-state index is 12.6. The Morgan fingerprint density at radius 2 is 1.59 bits per heavy atom. The molecule has 1 heterocycles. The zero-order valence-corrected chi connectivity index (χ0v) is 13.1. The van der Waals surface area contributed by atoms with E-state index in [1.807, 2.05) is 73.9 Å². The quantitative estimate of drug-likeness (QED) is 0.716. The second-order valence-electron chi connectivity index (χ2n) is 5.14. The van der Waals surface area contributed by atoms with Gasteiger partial charge in [0.15, 0.2) is 0 Å². The number of nitrogens with zero attached hydrogens (tertiary/aromatic N) is 2. The van der Waals surface area contributed by atoms with Crippen LogP contribution in [0.15, 0.2) is 71.8 Å². The van der Waals surface area contributed by atoms with Gasteiger partial charge in [-0.25, -0.2) is 4.79 Å². The number of benzene rings is 2. The molecule has 0 spiro atoms. The highest BCUT2D eigenvalue weighted by atomic mass is 35.5. The first kappa shape index (κ1) is 14.7. The van der Waals surface area contributed by atoms with Crippen molar-refractivity contribution < 1.29 is 0 Å². The molecule has 1 aromatic heterocycles. The van der Waals surface area contributed by atoms with Crippen molar-refractivity contribution in [3.8, 4) is 0 Å². The summed E-state index contributed by atoms with van der Waals surface area (Å²) in [5.41, 5.74) is 2.10. The van der Waals surface area contributed by atoms with Gasteiger partial charge in [0.25, 0.3) is 0 Å². The number of hydrogen-bond donors (Lipinski definition) is 0. The Morgan fingerprint density at radius 1 is 0.955 bits per heavy atom. The summed E-state index contributed by atoms with van der Waals surface area (Å²) in [5, 5.41) is 0.689. The van der Waals surface area contributed by atoms with Gasteiger partial charge in [-0.15, -0.1) is 0 Å². The van der Waals surface area contributed by atoms with Crippen molar-refractivity contribution >= 4 is 11.6 Å². The number of rotatable bonds is 4. The van der Waals surface area contributed by atoms with Crippen molar-refractivity contribution in [2.75, 3.05) is 0 Å². The number of aryl methyl sites for hydroxylation is 1. The van der Waals surface area contributed by atoms with Crippen molar-refractivity contribution in [1.82, 2.24) is 9.13 Å². The van der Waals surface area contributed by atoms with Gasteiger partial charge in [0.05, 0.1) is 6.04 Å². The lowest BCUT2D eigenvalue weighted by molar-refractivity contribution is 0.612. The van der Waals surface area contributed by atoms with Crippen molar-refractivity contribution in [1.29, 1.82) is 0 Å². The van der Waals surface area contributed by atoms with E-state index >= 15 is 0 Å². The molecule has 1 unspecified atom stereocenters. The van der Waals surface area contributed by atoms with E-state index in [1.165, 1.54) is 0 Å². The van der Waals surface area contributed by atoms with E-state index in [-0.39, 0.29) is 11.7 Å². The summed E-state index contributed by atoms with van der Waals surface area (Å²) in [6, 6.07) is 17.5. The molecule has 22 heavy (non-hydrogen) atoms. The van der Waals surface area contributed by atoms with Crippen LogP contribution in [0.1, 0.15) is 24.1 Å². The fourth-order valence-corrected chi connectivity index (χ4v) is 2.79. The normalized spacial score (nSPS) is 12.3. The molecule has 112 valence electrons. The SMILES string of the molecule is CCn1ccn(C(c2ccccc2)c2ccc(Cl)cc2)c1=O. The fourth-order valence-electron chi connectivity index (χ4n) is 2.66. The van der Waals surface area contributed by atoms with Crippen LogP contribution in [0.4, 0.5) is 0 Å². The van der Waals surface area contributed by atoms with E-state index < -0.39 is 0 Å². The zero-order chi connectivity index (χ0) is 15.5. The van der Waals surface area contributed by atoms with E-state index in [0.717, 1.165) is 11.1 Å². The summed E-state index contributed by atoms with van der Waals surface area (Å²) in [6.07, 6.45) is 3.67. The molecule has 1 atom stereocenters. The van der Waals surface area contributed by atoms with Crippen LogP contribution in [0.3, 0.4) is 0 Å². The molecule has 0 saturated heterocycles. The van der Waals surface area contributed by atoms with E-state index in [9.17, 15) is 4.79 Å². The van der Waals surface area contributed by atoms with Gasteiger partial charge in [-0.05, 0) is 30.2 Å². The van der Waals surface area contributed by atoms with E-state index in [2.05, 4.69) is 0 Å². The lowest BCUT2D eigenvalue weighted by Gasteiger charge is -2.19. The summed E-state index contributed by atoms with van der Waals surface area (Å²) in [6.45, 7) is 2.62. The van der Waals surface area contributed by atoms with Gasteiger partial charge in [0.2, 0.25) is 0 Å². The van der Waals surface area contributed by atoms with Crippen LogP contribution in [0.2, 0.25) is 5.02 Å². The van der Waals surface area contributed by atoms with Crippen molar-refractivity contribution in [3.05, 3.63) is 93.6 Å². The average molecular weight is 313 g/mol. The number of halogens is 1. The molecule has 4 heteroatoms. The molecule has 0 aliphatic rings. The first-order valence-electron chi connectivity index (χ1n) is 7.28. The molecule has 0 bridgehead atoms. The highest BCUT2D eigenvalue weighted by Gasteiger charge is 2.18. The minimum Gasteiger partial charge on any atom is -0.299 e. The molecule has 2 aromatic carbocycles. The Kier molecular flexibility index (Phi) is 4.16.